The summed E-state index contributed by atoms with van der Waals surface area (Å²) in [4.78, 5) is 41.1. The molecule has 0 spiro atoms. The van der Waals surface area contributed by atoms with Crippen LogP contribution in [0.1, 0.15) is 63.4 Å². The third-order valence-electron chi connectivity index (χ3n) is 7.34. The predicted molar refractivity (Wildman–Crippen MR) is 144 cm³/mol. The van der Waals surface area contributed by atoms with Gasteiger partial charge in [0.15, 0.2) is 18.2 Å². The smallest absolute Gasteiger partial charge is 0.251 e. The summed E-state index contributed by atoms with van der Waals surface area (Å²) >= 11 is 0. The van der Waals surface area contributed by atoms with Crippen molar-refractivity contribution >= 4 is 27.6 Å². The van der Waals surface area contributed by atoms with Crippen molar-refractivity contribution in [3.05, 3.63) is 65.1 Å². The molecule has 2 aliphatic rings. The van der Waals surface area contributed by atoms with E-state index in [1.165, 1.54) is 23.2 Å². The molecule has 1 aromatic carbocycles. The maximum Gasteiger partial charge on any atom is 0.251 e. The highest BCUT2D eigenvalue weighted by Gasteiger charge is 2.54. The molecular formula is C28H36N4O6S. The predicted octanol–water partition coefficient (Wildman–Crippen LogP) is 2.01. The second-order valence-electron chi connectivity index (χ2n) is 11.7. The van der Waals surface area contributed by atoms with Crippen LogP contribution in [0, 0.1) is 11.1 Å². The number of ketones is 1. The Balaban J connectivity index is 1.53. The van der Waals surface area contributed by atoms with Gasteiger partial charge in [-0.05, 0) is 47.9 Å². The van der Waals surface area contributed by atoms with Crippen LogP contribution in [-0.4, -0.2) is 66.4 Å². The highest BCUT2D eigenvalue weighted by atomic mass is 32.2. The Bertz CT molecular complexity index is 1370. The maximum atomic E-state index is 13.7. The first kappa shape index (κ1) is 28.7. The summed E-state index contributed by atoms with van der Waals surface area (Å²) < 4.78 is 28.0. The van der Waals surface area contributed by atoms with Crippen molar-refractivity contribution in [3.63, 3.8) is 0 Å². The van der Waals surface area contributed by atoms with Crippen LogP contribution in [-0.2, 0) is 25.0 Å². The molecular weight excluding hydrogens is 520 g/mol. The Morgan fingerprint density at radius 3 is 2.41 bits per heavy atom. The van der Waals surface area contributed by atoms with Gasteiger partial charge < -0.3 is 15.4 Å². The fourth-order valence-electron chi connectivity index (χ4n) is 5.32. The van der Waals surface area contributed by atoms with Gasteiger partial charge in [0.05, 0.1) is 12.6 Å². The van der Waals surface area contributed by atoms with Crippen molar-refractivity contribution in [2.75, 3.05) is 13.1 Å². The van der Waals surface area contributed by atoms with Gasteiger partial charge in [-0.15, -0.1) is 0 Å². The lowest BCUT2D eigenvalue weighted by Crippen LogP contribution is -2.53. The summed E-state index contributed by atoms with van der Waals surface area (Å²) in [6.45, 7) is 9.94. The molecule has 2 aliphatic heterocycles. The van der Waals surface area contributed by atoms with E-state index >= 15 is 0 Å². The molecule has 3 unspecified atom stereocenters. The third-order valence-corrected chi connectivity index (χ3v) is 9.19. The number of fused-ring (bicyclic) bond motifs is 1. The van der Waals surface area contributed by atoms with E-state index in [1.54, 1.807) is 12.1 Å². The molecule has 4 rings (SSSR count). The van der Waals surface area contributed by atoms with E-state index in [0.717, 1.165) is 16.1 Å². The number of pyridine rings is 1. The Morgan fingerprint density at radius 1 is 1.15 bits per heavy atom. The number of Topliss-reactive ketones (excluding diaryl/α,β-unsaturated/α-hetero) is 1. The van der Waals surface area contributed by atoms with Gasteiger partial charge in [-0.25, -0.2) is 8.42 Å². The van der Waals surface area contributed by atoms with Crippen molar-refractivity contribution in [2.24, 2.45) is 5.92 Å². The van der Waals surface area contributed by atoms with Gasteiger partial charge in [0.2, 0.25) is 15.9 Å². The second kappa shape index (κ2) is 10.7. The molecule has 3 heterocycles. The number of amides is 2. The number of sulfonamides is 1. The number of nitrogens with one attached hydrogen (secondary N) is 1. The van der Waals surface area contributed by atoms with E-state index in [9.17, 15) is 28.0 Å². The molecule has 1 N–H and O–H groups in total. The number of rotatable bonds is 7. The van der Waals surface area contributed by atoms with Crippen LogP contribution in [0.15, 0.2) is 53.7 Å². The maximum absolute atomic E-state index is 13.7. The molecule has 2 aromatic rings. The van der Waals surface area contributed by atoms with Crippen molar-refractivity contribution in [2.45, 2.75) is 75.9 Å². The van der Waals surface area contributed by atoms with Crippen molar-refractivity contribution in [1.29, 1.82) is 0 Å². The quantitative estimate of drug-likeness (QED) is 0.410. The summed E-state index contributed by atoms with van der Waals surface area (Å²) in [5, 5.41) is 14.5. The summed E-state index contributed by atoms with van der Waals surface area (Å²) in [6, 6.07) is 7.36. The highest BCUT2D eigenvalue weighted by Crippen LogP contribution is 2.34. The normalized spacial score (nSPS) is 20.8. The molecule has 1 aromatic heterocycles. The lowest BCUT2D eigenvalue weighted by Gasteiger charge is -2.29. The van der Waals surface area contributed by atoms with Gasteiger partial charge in [-0.3, -0.25) is 14.4 Å². The van der Waals surface area contributed by atoms with Crippen molar-refractivity contribution < 1.29 is 27.5 Å². The van der Waals surface area contributed by atoms with E-state index in [-0.39, 0.29) is 47.4 Å². The van der Waals surface area contributed by atoms with E-state index in [4.69, 9.17) is 0 Å². The van der Waals surface area contributed by atoms with Crippen LogP contribution >= 0.6 is 0 Å². The molecule has 2 amide bonds. The first-order valence-electron chi connectivity index (χ1n) is 13.2. The zero-order valence-electron chi connectivity index (χ0n) is 23.0. The number of hydrogen-bond acceptors (Lipinski definition) is 6. The topological polar surface area (TPSA) is 131 Å². The van der Waals surface area contributed by atoms with Crippen LogP contribution in [0.3, 0.4) is 0 Å². The van der Waals surface area contributed by atoms with E-state index < -0.39 is 34.1 Å². The molecule has 39 heavy (non-hydrogen) atoms. The average Bonchev–Trinajstić information content (AvgIpc) is 3.44. The minimum atomic E-state index is -4.12. The monoisotopic (exact) mass is 556 g/mol. The first-order chi connectivity index (χ1) is 18.2. The van der Waals surface area contributed by atoms with E-state index in [1.807, 2.05) is 26.0 Å². The summed E-state index contributed by atoms with van der Waals surface area (Å²) in [5.41, 5.74) is 1.44. The van der Waals surface area contributed by atoms with Crippen LogP contribution in [0.2, 0.25) is 0 Å². The van der Waals surface area contributed by atoms with Crippen LogP contribution in [0.4, 0.5) is 0 Å². The molecule has 0 aliphatic carbocycles. The SMILES string of the molecule is CC(C)CC(NC(=O)c1ccc(C(C)(C)C)cc1)C(=O)N1CCC2C1C(=O)CN2S(=O)(=O)c1ccc[n+]([O-])c1. The average molecular weight is 557 g/mol. The number of carbonyl (C=O) groups is 3. The lowest BCUT2D eigenvalue weighted by atomic mass is 9.86. The highest BCUT2D eigenvalue weighted by molar-refractivity contribution is 7.89. The Kier molecular flexibility index (Phi) is 7.86. The zero-order chi connectivity index (χ0) is 28.7. The van der Waals surface area contributed by atoms with E-state index in [2.05, 4.69) is 26.1 Å². The van der Waals surface area contributed by atoms with Crippen LogP contribution in [0.5, 0.6) is 0 Å². The number of aromatic nitrogens is 1. The molecule has 3 atom stereocenters. The first-order valence-corrected chi connectivity index (χ1v) is 14.6. The minimum Gasteiger partial charge on any atom is -0.619 e. The Hall–Kier alpha value is -3.31. The van der Waals surface area contributed by atoms with Gasteiger partial charge in [-0.2, -0.15) is 9.04 Å². The summed E-state index contributed by atoms with van der Waals surface area (Å²) in [6.07, 6.45) is 2.77. The molecule has 0 bridgehead atoms. The number of hydrogen-bond donors (Lipinski definition) is 1. The molecule has 210 valence electrons. The summed E-state index contributed by atoms with van der Waals surface area (Å²) in [7, 11) is -4.12. The molecule has 2 fully saturated rings. The third kappa shape index (κ3) is 5.84. The van der Waals surface area contributed by atoms with Crippen molar-refractivity contribution in [3.8, 4) is 0 Å². The molecule has 11 heteroatoms. The number of likely N-dealkylation sites (tertiary alicyclic amines) is 1. The number of benzene rings is 1. The molecule has 10 nitrogen and oxygen atoms in total. The van der Waals surface area contributed by atoms with Gasteiger partial charge in [0.25, 0.3) is 5.91 Å². The van der Waals surface area contributed by atoms with Crippen LogP contribution in [0.25, 0.3) is 0 Å². The molecule has 2 saturated heterocycles. The fourth-order valence-corrected chi connectivity index (χ4v) is 6.95. The van der Waals surface area contributed by atoms with Gasteiger partial charge >= 0.3 is 0 Å². The zero-order valence-corrected chi connectivity index (χ0v) is 23.8. The van der Waals surface area contributed by atoms with E-state index in [0.29, 0.717) is 16.7 Å². The fraction of sp³-hybridized carbons (Fsp3) is 0.500. The number of carbonyl (C=O) groups excluding carboxylic acids is 3. The lowest BCUT2D eigenvalue weighted by molar-refractivity contribution is -0.607. The Labute approximate surface area is 229 Å². The molecule has 0 radical (unpaired) electrons. The van der Waals surface area contributed by atoms with Gasteiger partial charge in [0.1, 0.15) is 17.0 Å². The minimum absolute atomic E-state index is 0.0662. The second-order valence-corrected chi connectivity index (χ2v) is 13.6. The standard InChI is InChI=1S/C28H36N4O6S/c1-18(2)15-22(29-26(34)19-8-10-20(11-9-19)28(3,4)5)27(35)31-14-12-23-25(31)24(33)17-32(23)39(37,38)21-7-6-13-30(36)16-21/h6-11,13,16,18,22-23,25H,12,14-15,17H2,1-5H3,(H,29,34). The largest absolute Gasteiger partial charge is 0.619 e. The van der Waals surface area contributed by atoms with Gasteiger partial charge in [-0.1, -0.05) is 46.8 Å². The van der Waals surface area contributed by atoms with Crippen molar-refractivity contribution in [1.82, 2.24) is 14.5 Å². The van der Waals surface area contributed by atoms with Crippen LogP contribution < -0.4 is 10.0 Å². The Morgan fingerprint density at radius 2 is 1.82 bits per heavy atom. The number of nitrogens with zero attached hydrogens (tertiary/aromatic N) is 3. The summed E-state index contributed by atoms with van der Waals surface area (Å²) in [5.74, 6) is -1.09. The van der Waals surface area contributed by atoms with Gasteiger partial charge in [0, 0.05) is 18.2 Å². The molecule has 0 saturated carbocycles.